The molecule has 3 rings (SSSR count). The summed E-state index contributed by atoms with van der Waals surface area (Å²) in [5, 5.41) is 2.81. The average Bonchev–Trinajstić information content (AvgIpc) is 2.68. The minimum absolute atomic E-state index is 0.0319. The number of Topliss-reactive ketones (excluding diaryl/α,β-unsaturated/α-hetero) is 1. The van der Waals surface area contributed by atoms with Gasteiger partial charge in [-0.25, -0.2) is 4.98 Å². The van der Waals surface area contributed by atoms with Crippen molar-refractivity contribution in [2.45, 2.75) is 45.6 Å². The highest BCUT2D eigenvalue weighted by atomic mass is 16.2. The summed E-state index contributed by atoms with van der Waals surface area (Å²) in [6, 6.07) is 11.2. The summed E-state index contributed by atoms with van der Waals surface area (Å²) in [6.45, 7) is 4.77. The van der Waals surface area contributed by atoms with Gasteiger partial charge in [-0.15, -0.1) is 0 Å². The summed E-state index contributed by atoms with van der Waals surface area (Å²) in [5.41, 5.74) is 2.61. The number of anilines is 2. The van der Waals surface area contributed by atoms with Crippen molar-refractivity contribution in [3.05, 3.63) is 53.9 Å². The molecule has 1 aromatic carbocycles. The van der Waals surface area contributed by atoms with Crippen LogP contribution in [0.1, 0.15) is 60.4 Å². The van der Waals surface area contributed by atoms with Gasteiger partial charge in [0.2, 0.25) is 0 Å². The van der Waals surface area contributed by atoms with Crippen LogP contribution in [0.3, 0.4) is 0 Å². The second-order valence-corrected chi connectivity index (χ2v) is 6.74. The zero-order chi connectivity index (χ0) is 18.5. The zero-order valence-corrected chi connectivity index (χ0v) is 15.4. The lowest BCUT2D eigenvalue weighted by Gasteiger charge is -2.37. The van der Waals surface area contributed by atoms with Crippen LogP contribution in [-0.2, 0) is 0 Å². The Morgan fingerprint density at radius 3 is 2.77 bits per heavy atom. The van der Waals surface area contributed by atoms with Gasteiger partial charge < -0.3 is 10.2 Å². The lowest BCUT2D eigenvalue weighted by molar-refractivity contribution is 0.100. The Balaban J connectivity index is 1.71. The third-order valence-corrected chi connectivity index (χ3v) is 4.94. The van der Waals surface area contributed by atoms with Crippen LogP contribution in [0.15, 0.2) is 42.6 Å². The monoisotopic (exact) mass is 351 g/mol. The molecule has 1 amide bonds. The van der Waals surface area contributed by atoms with Crippen molar-refractivity contribution in [1.29, 1.82) is 0 Å². The molecule has 0 saturated carbocycles. The Morgan fingerprint density at radius 1 is 1.23 bits per heavy atom. The van der Waals surface area contributed by atoms with E-state index in [1.807, 2.05) is 6.07 Å². The first-order valence-corrected chi connectivity index (χ1v) is 9.23. The van der Waals surface area contributed by atoms with Crippen LogP contribution in [0, 0.1) is 0 Å². The second kappa shape index (κ2) is 8.13. The van der Waals surface area contributed by atoms with Gasteiger partial charge in [0.15, 0.2) is 5.78 Å². The van der Waals surface area contributed by atoms with E-state index >= 15 is 0 Å². The number of benzene rings is 1. The maximum Gasteiger partial charge on any atom is 0.274 e. The molecule has 1 aliphatic rings. The molecule has 0 radical (unpaired) electrons. The van der Waals surface area contributed by atoms with Crippen molar-refractivity contribution < 1.29 is 9.59 Å². The largest absolute Gasteiger partial charge is 0.367 e. The molecule has 2 heterocycles. The first kappa shape index (κ1) is 18.1. The van der Waals surface area contributed by atoms with Crippen molar-refractivity contribution in [1.82, 2.24) is 4.98 Å². The van der Waals surface area contributed by atoms with E-state index in [4.69, 9.17) is 0 Å². The molecule has 1 aliphatic heterocycles. The molecule has 1 saturated heterocycles. The number of carbonyl (C=O) groups is 2. The molecule has 2 aromatic rings. The number of rotatable bonds is 5. The Bertz CT molecular complexity index is 786. The van der Waals surface area contributed by atoms with Gasteiger partial charge in [0, 0.05) is 23.8 Å². The molecule has 136 valence electrons. The molecule has 26 heavy (non-hydrogen) atoms. The van der Waals surface area contributed by atoms with Crippen LogP contribution >= 0.6 is 0 Å². The fourth-order valence-corrected chi connectivity index (χ4v) is 3.47. The maximum absolute atomic E-state index is 12.4. The first-order chi connectivity index (χ1) is 12.6. The molecule has 0 spiro atoms. The number of amides is 1. The van der Waals surface area contributed by atoms with Crippen LogP contribution in [-0.4, -0.2) is 29.3 Å². The highest BCUT2D eigenvalue weighted by Gasteiger charge is 2.21. The summed E-state index contributed by atoms with van der Waals surface area (Å²) in [4.78, 5) is 30.6. The van der Waals surface area contributed by atoms with Gasteiger partial charge in [0.25, 0.3) is 5.91 Å². The number of hydrogen-bond acceptors (Lipinski definition) is 4. The minimum Gasteiger partial charge on any atom is -0.367 e. The van der Waals surface area contributed by atoms with Gasteiger partial charge in [-0.05, 0) is 56.9 Å². The predicted molar refractivity (Wildman–Crippen MR) is 104 cm³/mol. The van der Waals surface area contributed by atoms with E-state index in [1.165, 1.54) is 26.2 Å². The molecule has 5 nitrogen and oxygen atoms in total. The van der Waals surface area contributed by atoms with E-state index in [9.17, 15) is 9.59 Å². The SMILES string of the molecule is CCC1CCCCN1c1ccc(C(=O)Nc2cccc(C(C)=O)c2)nc1. The van der Waals surface area contributed by atoms with Crippen molar-refractivity contribution in [3.8, 4) is 0 Å². The summed E-state index contributed by atoms with van der Waals surface area (Å²) < 4.78 is 0. The highest BCUT2D eigenvalue weighted by Crippen LogP contribution is 2.26. The van der Waals surface area contributed by atoms with Gasteiger partial charge in [0.05, 0.1) is 11.9 Å². The molecule has 0 aliphatic carbocycles. The van der Waals surface area contributed by atoms with Gasteiger partial charge >= 0.3 is 0 Å². The molecule has 1 unspecified atom stereocenters. The number of pyridine rings is 1. The number of piperidine rings is 1. The molecular weight excluding hydrogens is 326 g/mol. The average molecular weight is 351 g/mol. The third-order valence-electron chi connectivity index (χ3n) is 4.94. The fourth-order valence-electron chi connectivity index (χ4n) is 3.47. The van der Waals surface area contributed by atoms with Crippen LogP contribution in [0.25, 0.3) is 0 Å². The molecule has 0 bridgehead atoms. The van der Waals surface area contributed by atoms with Crippen LogP contribution in [0.2, 0.25) is 0 Å². The van der Waals surface area contributed by atoms with E-state index in [0.29, 0.717) is 23.0 Å². The van der Waals surface area contributed by atoms with Crippen LogP contribution in [0.4, 0.5) is 11.4 Å². The van der Waals surface area contributed by atoms with Crippen molar-refractivity contribution in [2.24, 2.45) is 0 Å². The lowest BCUT2D eigenvalue weighted by atomic mass is 9.99. The number of nitrogens with one attached hydrogen (secondary N) is 1. The van der Waals surface area contributed by atoms with Gasteiger partial charge in [-0.1, -0.05) is 19.1 Å². The van der Waals surface area contributed by atoms with Gasteiger partial charge in [-0.3, -0.25) is 9.59 Å². The summed E-state index contributed by atoms with van der Waals surface area (Å²) in [7, 11) is 0. The smallest absolute Gasteiger partial charge is 0.274 e. The standard InChI is InChI=1S/C21H25N3O2/c1-3-18-9-4-5-12-24(18)19-10-11-20(22-14-19)21(26)23-17-8-6-7-16(13-17)15(2)25/h6-8,10-11,13-14,18H,3-5,9,12H2,1-2H3,(H,23,26). The highest BCUT2D eigenvalue weighted by molar-refractivity contribution is 6.04. The predicted octanol–water partition coefficient (Wildman–Crippen LogP) is 4.31. The quantitative estimate of drug-likeness (QED) is 0.816. The topological polar surface area (TPSA) is 62.3 Å². The molecular formula is C21H25N3O2. The van der Waals surface area contributed by atoms with Gasteiger partial charge in [-0.2, -0.15) is 0 Å². The van der Waals surface area contributed by atoms with Crippen molar-refractivity contribution >= 4 is 23.1 Å². The van der Waals surface area contributed by atoms with E-state index in [0.717, 1.165) is 18.7 Å². The summed E-state index contributed by atoms with van der Waals surface area (Å²) >= 11 is 0. The van der Waals surface area contributed by atoms with Gasteiger partial charge in [0.1, 0.15) is 5.69 Å². The Morgan fingerprint density at radius 2 is 2.08 bits per heavy atom. The molecule has 1 atom stereocenters. The van der Waals surface area contributed by atoms with E-state index < -0.39 is 0 Å². The number of nitrogens with zero attached hydrogens (tertiary/aromatic N) is 2. The summed E-state index contributed by atoms with van der Waals surface area (Å²) in [5.74, 6) is -0.307. The summed E-state index contributed by atoms with van der Waals surface area (Å²) in [6.07, 6.45) is 6.60. The van der Waals surface area contributed by atoms with E-state index in [2.05, 4.69) is 22.1 Å². The van der Waals surface area contributed by atoms with Crippen LogP contribution in [0.5, 0.6) is 0 Å². The maximum atomic E-state index is 12.4. The van der Waals surface area contributed by atoms with E-state index in [-0.39, 0.29) is 11.7 Å². The normalized spacial score (nSPS) is 17.0. The van der Waals surface area contributed by atoms with Crippen molar-refractivity contribution in [3.63, 3.8) is 0 Å². The zero-order valence-electron chi connectivity index (χ0n) is 15.4. The minimum atomic E-state index is -0.275. The molecule has 1 aromatic heterocycles. The lowest BCUT2D eigenvalue weighted by Crippen LogP contribution is -2.39. The Hall–Kier alpha value is -2.69. The number of carbonyl (C=O) groups excluding carboxylic acids is 2. The van der Waals surface area contributed by atoms with Crippen LogP contribution < -0.4 is 10.2 Å². The van der Waals surface area contributed by atoms with E-state index in [1.54, 1.807) is 36.5 Å². The fraction of sp³-hybridized carbons (Fsp3) is 0.381. The molecule has 1 N–H and O–H groups in total. The van der Waals surface area contributed by atoms with Crippen molar-refractivity contribution in [2.75, 3.05) is 16.8 Å². The first-order valence-electron chi connectivity index (χ1n) is 9.23. The Kier molecular flexibility index (Phi) is 5.66. The third kappa shape index (κ3) is 4.10. The number of ketones is 1. The molecule has 5 heteroatoms. The number of aromatic nitrogens is 1. The molecule has 1 fully saturated rings. The number of hydrogen-bond donors (Lipinski definition) is 1. The second-order valence-electron chi connectivity index (χ2n) is 6.74. The Labute approximate surface area is 154 Å².